The van der Waals surface area contributed by atoms with Gasteiger partial charge in [0.2, 0.25) is 0 Å². The summed E-state index contributed by atoms with van der Waals surface area (Å²) in [6.45, 7) is 9.53. The molecular weight excluding hydrogens is 471 g/mol. The Balaban J connectivity index is 0.00000261. The minimum atomic E-state index is 0. The van der Waals surface area contributed by atoms with Crippen LogP contribution in [-0.2, 0) is 4.74 Å². The van der Waals surface area contributed by atoms with Gasteiger partial charge >= 0.3 is 0 Å². The molecule has 1 saturated heterocycles. The summed E-state index contributed by atoms with van der Waals surface area (Å²) < 4.78 is 5.69. The molecule has 2 heterocycles. The van der Waals surface area contributed by atoms with Crippen molar-refractivity contribution in [3.05, 3.63) is 51.7 Å². The van der Waals surface area contributed by atoms with Crippen LogP contribution in [-0.4, -0.2) is 43.2 Å². The van der Waals surface area contributed by atoms with Gasteiger partial charge in [0.1, 0.15) is 0 Å². The lowest BCUT2D eigenvalue weighted by Gasteiger charge is -2.36. The third-order valence-corrected chi connectivity index (χ3v) is 5.49. The van der Waals surface area contributed by atoms with Crippen LogP contribution in [0, 0.1) is 13.8 Å². The van der Waals surface area contributed by atoms with Crippen LogP contribution < -0.4 is 11.1 Å². The van der Waals surface area contributed by atoms with E-state index in [1.807, 2.05) is 0 Å². The summed E-state index contributed by atoms with van der Waals surface area (Å²) >= 11 is 1.77. The van der Waals surface area contributed by atoms with Crippen LogP contribution in [0.25, 0.3) is 0 Å². The van der Waals surface area contributed by atoms with Gasteiger partial charge in [0.25, 0.3) is 0 Å². The number of hydrogen-bond acceptors (Lipinski definition) is 4. The second-order valence-electron chi connectivity index (χ2n) is 6.93. The number of rotatable bonds is 5. The van der Waals surface area contributed by atoms with Crippen molar-refractivity contribution in [2.24, 2.45) is 10.7 Å². The Labute approximate surface area is 183 Å². The molecule has 1 aliphatic rings. The maximum Gasteiger partial charge on any atom is 0.193 e. The summed E-state index contributed by atoms with van der Waals surface area (Å²) in [6, 6.07) is 10.8. The number of morpholine rings is 1. The molecule has 3 N–H and O–H groups in total. The first-order valence-electron chi connectivity index (χ1n) is 9.05. The molecule has 0 bridgehead atoms. The maximum absolute atomic E-state index is 6.16. The van der Waals surface area contributed by atoms with Gasteiger partial charge in [0.15, 0.2) is 5.96 Å². The zero-order valence-corrected chi connectivity index (χ0v) is 19.3. The van der Waals surface area contributed by atoms with Gasteiger partial charge in [-0.2, -0.15) is 0 Å². The summed E-state index contributed by atoms with van der Waals surface area (Å²) in [7, 11) is 0. The van der Waals surface area contributed by atoms with E-state index in [1.54, 1.807) is 11.3 Å². The molecule has 1 fully saturated rings. The Hall–Kier alpha value is -1.16. The van der Waals surface area contributed by atoms with Crippen LogP contribution in [0.3, 0.4) is 0 Å². The molecule has 5 nitrogen and oxygen atoms in total. The van der Waals surface area contributed by atoms with Gasteiger partial charge in [-0.3, -0.25) is 9.89 Å². The predicted molar refractivity (Wildman–Crippen MR) is 125 cm³/mol. The highest BCUT2D eigenvalue weighted by atomic mass is 127. The third kappa shape index (κ3) is 6.44. The minimum Gasteiger partial charge on any atom is -0.376 e. The molecule has 7 heteroatoms. The van der Waals surface area contributed by atoms with E-state index >= 15 is 0 Å². The van der Waals surface area contributed by atoms with Gasteiger partial charge in [-0.25, -0.2) is 0 Å². The van der Waals surface area contributed by atoms with Crippen LogP contribution >= 0.6 is 35.3 Å². The first-order valence-corrected chi connectivity index (χ1v) is 9.93. The lowest BCUT2D eigenvalue weighted by molar-refractivity contribution is -0.0327. The monoisotopic (exact) mass is 500 g/mol. The van der Waals surface area contributed by atoms with E-state index in [4.69, 9.17) is 10.5 Å². The normalized spacial score (nSPS) is 19.4. The maximum atomic E-state index is 6.16. The van der Waals surface area contributed by atoms with Gasteiger partial charge in [-0.05, 0) is 55.5 Å². The third-order valence-electron chi connectivity index (χ3n) is 4.51. The summed E-state index contributed by atoms with van der Waals surface area (Å²) in [4.78, 5) is 8.42. The van der Waals surface area contributed by atoms with Gasteiger partial charge in [0, 0.05) is 23.7 Å². The first-order chi connectivity index (χ1) is 12.5. The highest BCUT2D eigenvalue weighted by molar-refractivity contribution is 14.0. The van der Waals surface area contributed by atoms with E-state index in [2.05, 4.69) is 71.7 Å². The molecule has 0 spiro atoms. The number of nitrogens with zero attached hydrogens (tertiary/aromatic N) is 2. The molecule has 2 aromatic rings. The van der Waals surface area contributed by atoms with Gasteiger partial charge < -0.3 is 15.8 Å². The van der Waals surface area contributed by atoms with Crippen LogP contribution in [0.1, 0.15) is 29.0 Å². The smallest absolute Gasteiger partial charge is 0.193 e. The number of anilines is 1. The lowest BCUT2D eigenvalue weighted by Crippen LogP contribution is -2.44. The van der Waals surface area contributed by atoms with Gasteiger partial charge in [0.05, 0.1) is 25.3 Å². The molecule has 3 rings (SSSR count). The minimum absolute atomic E-state index is 0. The average Bonchev–Trinajstić information content (AvgIpc) is 3.08. The van der Waals surface area contributed by atoms with Crippen LogP contribution in [0.2, 0.25) is 0 Å². The Morgan fingerprint density at radius 1 is 1.37 bits per heavy atom. The van der Waals surface area contributed by atoms with Crippen molar-refractivity contribution in [3.63, 3.8) is 0 Å². The van der Waals surface area contributed by atoms with E-state index in [-0.39, 0.29) is 36.1 Å². The summed E-state index contributed by atoms with van der Waals surface area (Å²) in [5.41, 5.74) is 9.56. The second-order valence-corrected chi connectivity index (χ2v) is 7.91. The van der Waals surface area contributed by atoms with Crippen molar-refractivity contribution in [3.8, 4) is 0 Å². The highest BCUT2D eigenvalue weighted by Crippen LogP contribution is 2.27. The van der Waals surface area contributed by atoms with Crippen LogP contribution in [0.4, 0.5) is 5.69 Å². The molecule has 27 heavy (non-hydrogen) atoms. The van der Waals surface area contributed by atoms with E-state index in [1.165, 1.54) is 16.0 Å². The van der Waals surface area contributed by atoms with Crippen molar-refractivity contribution in [1.29, 1.82) is 0 Å². The van der Waals surface area contributed by atoms with E-state index in [0.717, 1.165) is 25.4 Å². The summed E-state index contributed by atoms with van der Waals surface area (Å²) in [6.07, 6.45) is 0.251. The Morgan fingerprint density at radius 2 is 2.11 bits per heavy atom. The molecule has 2 atom stereocenters. The molecule has 1 aliphatic heterocycles. The van der Waals surface area contributed by atoms with Crippen molar-refractivity contribution in [1.82, 2.24) is 4.90 Å². The quantitative estimate of drug-likeness (QED) is 0.368. The number of halogens is 1. The Morgan fingerprint density at radius 3 is 2.74 bits per heavy atom. The van der Waals surface area contributed by atoms with Crippen molar-refractivity contribution >= 4 is 47.0 Å². The average molecular weight is 500 g/mol. The number of hydrogen-bond donors (Lipinski definition) is 2. The van der Waals surface area contributed by atoms with Crippen molar-refractivity contribution < 1.29 is 4.74 Å². The molecule has 148 valence electrons. The molecule has 0 amide bonds. The van der Waals surface area contributed by atoms with E-state index < -0.39 is 0 Å². The number of aryl methyl sites for hydroxylation is 2. The van der Waals surface area contributed by atoms with Gasteiger partial charge in [-0.15, -0.1) is 35.3 Å². The number of thiophene rings is 1. The predicted octanol–water partition coefficient (Wildman–Crippen LogP) is 4.17. The van der Waals surface area contributed by atoms with Crippen molar-refractivity contribution in [2.45, 2.75) is 32.9 Å². The summed E-state index contributed by atoms with van der Waals surface area (Å²) in [5, 5.41) is 5.34. The second kappa shape index (κ2) is 10.4. The van der Waals surface area contributed by atoms with Crippen molar-refractivity contribution in [2.75, 3.05) is 31.6 Å². The number of benzene rings is 1. The number of aliphatic imine (C=N–C) groups is 1. The topological polar surface area (TPSA) is 62.9 Å². The lowest BCUT2D eigenvalue weighted by atomic mass is 10.1. The molecule has 0 radical (unpaired) electrons. The molecular formula is C20H29IN4OS. The zero-order chi connectivity index (χ0) is 18.5. The Bertz CT molecular complexity index is 730. The largest absolute Gasteiger partial charge is 0.376 e. The molecule has 1 aromatic heterocycles. The SMILES string of the molecule is Cc1cc(C)cc(NC(N)=NCC(c2cccs2)N2CCOC(C)C2)c1.I. The molecule has 2 unspecified atom stereocenters. The zero-order valence-electron chi connectivity index (χ0n) is 16.1. The summed E-state index contributed by atoms with van der Waals surface area (Å²) in [5.74, 6) is 0.456. The molecule has 0 saturated carbocycles. The number of nitrogens with one attached hydrogen (secondary N) is 1. The fourth-order valence-electron chi connectivity index (χ4n) is 3.41. The van der Waals surface area contributed by atoms with Gasteiger partial charge in [-0.1, -0.05) is 12.1 Å². The van der Waals surface area contributed by atoms with Crippen LogP contribution in [0.5, 0.6) is 0 Å². The van der Waals surface area contributed by atoms with E-state index in [0.29, 0.717) is 12.5 Å². The standard InChI is InChI=1S/C20H28N4OS.HI/c1-14-9-15(2)11-17(10-14)23-20(21)22-12-18(19-5-4-8-26-19)24-6-7-25-16(3)13-24;/h4-5,8-11,16,18H,6-7,12-13H2,1-3H3,(H3,21,22,23);1H. The number of nitrogens with two attached hydrogens (primary N) is 1. The first kappa shape index (κ1) is 22.1. The Kier molecular flexibility index (Phi) is 8.53. The van der Waals surface area contributed by atoms with Crippen LogP contribution in [0.15, 0.2) is 40.7 Å². The molecule has 1 aromatic carbocycles. The highest BCUT2D eigenvalue weighted by Gasteiger charge is 2.26. The fourth-order valence-corrected chi connectivity index (χ4v) is 4.27. The number of guanidine groups is 1. The molecule has 0 aliphatic carbocycles. The van der Waals surface area contributed by atoms with E-state index in [9.17, 15) is 0 Å². The number of ether oxygens (including phenoxy) is 1. The fraction of sp³-hybridized carbons (Fsp3) is 0.450.